The monoisotopic (exact) mass is 317 g/mol. The zero-order valence-electron chi connectivity index (χ0n) is 11.7. The predicted molar refractivity (Wildman–Crippen MR) is 81.0 cm³/mol. The summed E-state index contributed by atoms with van der Waals surface area (Å²) >= 11 is 1.14. The molecule has 0 radical (unpaired) electrons. The van der Waals surface area contributed by atoms with Gasteiger partial charge in [0, 0.05) is 18.5 Å². The number of hydrogen-bond donors (Lipinski definition) is 1. The Bertz CT molecular complexity index is 456. The van der Waals surface area contributed by atoms with Crippen molar-refractivity contribution >= 4 is 24.1 Å². The van der Waals surface area contributed by atoms with Crippen LogP contribution in [0.2, 0.25) is 0 Å². The SMILES string of the molecule is CC(C)=CCOc1nsnc1OC1C2CCC1NC2.Cl. The molecule has 20 heavy (non-hydrogen) atoms. The largest absolute Gasteiger partial charge is 0.469 e. The van der Waals surface area contributed by atoms with E-state index in [9.17, 15) is 0 Å². The van der Waals surface area contributed by atoms with Gasteiger partial charge in [0.25, 0.3) is 11.8 Å². The zero-order valence-corrected chi connectivity index (χ0v) is 13.3. The molecular formula is C13H20ClN3O2S. The number of nitrogens with one attached hydrogen (secondary N) is 1. The van der Waals surface area contributed by atoms with E-state index in [1.54, 1.807) is 0 Å². The Morgan fingerprint density at radius 1 is 1.35 bits per heavy atom. The molecule has 2 aliphatic rings. The molecule has 3 atom stereocenters. The molecule has 2 heterocycles. The molecule has 0 spiro atoms. The van der Waals surface area contributed by atoms with Crippen molar-refractivity contribution in [3.8, 4) is 11.8 Å². The Hall–Kier alpha value is -0.850. The minimum Gasteiger partial charge on any atom is -0.469 e. The van der Waals surface area contributed by atoms with Crippen LogP contribution in [0.25, 0.3) is 0 Å². The first-order valence-electron chi connectivity index (χ1n) is 6.73. The summed E-state index contributed by atoms with van der Waals surface area (Å²) in [5.74, 6) is 1.68. The summed E-state index contributed by atoms with van der Waals surface area (Å²) in [7, 11) is 0. The maximum atomic E-state index is 6.02. The fourth-order valence-electron chi connectivity index (χ4n) is 2.72. The number of allylic oxidation sites excluding steroid dienone is 1. The normalized spacial score (nSPS) is 27.0. The summed E-state index contributed by atoms with van der Waals surface area (Å²) < 4.78 is 20.0. The fourth-order valence-corrected chi connectivity index (χ4v) is 3.16. The van der Waals surface area contributed by atoms with Crippen LogP contribution in [0.5, 0.6) is 11.8 Å². The first-order valence-corrected chi connectivity index (χ1v) is 7.46. The maximum absolute atomic E-state index is 6.02. The van der Waals surface area contributed by atoms with E-state index in [-0.39, 0.29) is 18.5 Å². The van der Waals surface area contributed by atoms with Gasteiger partial charge in [-0.3, -0.25) is 0 Å². The second-order valence-corrected chi connectivity index (χ2v) is 5.93. The van der Waals surface area contributed by atoms with Gasteiger partial charge in [0.2, 0.25) is 0 Å². The highest BCUT2D eigenvalue weighted by atomic mass is 35.5. The Kier molecular flexibility index (Phi) is 5.23. The minimum atomic E-state index is 0. The molecule has 2 bridgehead atoms. The Labute approximate surface area is 129 Å². The lowest BCUT2D eigenvalue weighted by atomic mass is 10.1. The van der Waals surface area contributed by atoms with Gasteiger partial charge in [-0.25, -0.2) is 0 Å². The second kappa shape index (κ2) is 6.74. The first-order chi connectivity index (χ1) is 9.24. The Morgan fingerprint density at radius 2 is 2.15 bits per heavy atom. The highest BCUT2D eigenvalue weighted by Crippen LogP contribution is 2.36. The number of piperidine rings is 1. The third-order valence-corrected chi connectivity index (χ3v) is 4.24. The van der Waals surface area contributed by atoms with E-state index in [0.717, 1.165) is 18.3 Å². The highest BCUT2D eigenvalue weighted by molar-refractivity contribution is 6.99. The van der Waals surface area contributed by atoms with Gasteiger partial charge in [0.1, 0.15) is 12.7 Å². The number of rotatable bonds is 5. The van der Waals surface area contributed by atoms with Crippen molar-refractivity contribution < 1.29 is 9.47 Å². The molecule has 3 rings (SSSR count). The molecule has 3 unspecified atom stereocenters. The molecule has 112 valence electrons. The van der Waals surface area contributed by atoms with Crippen LogP contribution in [0.4, 0.5) is 0 Å². The zero-order chi connectivity index (χ0) is 13.2. The van der Waals surface area contributed by atoms with Crippen molar-refractivity contribution in [2.24, 2.45) is 5.92 Å². The quantitative estimate of drug-likeness (QED) is 0.845. The molecule has 5 nitrogen and oxygen atoms in total. The highest BCUT2D eigenvalue weighted by Gasteiger charge is 2.44. The van der Waals surface area contributed by atoms with Gasteiger partial charge in [-0.1, -0.05) is 5.57 Å². The summed E-state index contributed by atoms with van der Waals surface area (Å²) in [6.07, 6.45) is 4.69. The van der Waals surface area contributed by atoms with Crippen molar-refractivity contribution in [3.05, 3.63) is 11.6 Å². The van der Waals surface area contributed by atoms with Gasteiger partial charge in [0.05, 0.1) is 11.7 Å². The van der Waals surface area contributed by atoms with Gasteiger partial charge in [-0.15, -0.1) is 21.2 Å². The lowest BCUT2D eigenvalue weighted by Crippen LogP contribution is -2.31. The van der Waals surface area contributed by atoms with Gasteiger partial charge in [-0.2, -0.15) is 0 Å². The van der Waals surface area contributed by atoms with Crippen molar-refractivity contribution in [2.75, 3.05) is 13.2 Å². The molecule has 0 aromatic carbocycles. The lowest BCUT2D eigenvalue weighted by Gasteiger charge is -2.15. The predicted octanol–water partition coefficient (Wildman–Crippen LogP) is 2.43. The smallest absolute Gasteiger partial charge is 0.291 e. The van der Waals surface area contributed by atoms with Gasteiger partial charge in [-0.05, 0) is 32.8 Å². The molecule has 1 aliphatic heterocycles. The third-order valence-electron chi connectivity index (χ3n) is 3.74. The van der Waals surface area contributed by atoms with E-state index in [1.165, 1.54) is 18.4 Å². The van der Waals surface area contributed by atoms with Crippen LogP contribution >= 0.6 is 24.1 Å². The molecule has 1 aliphatic carbocycles. The number of fused-ring (bicyclic) bond motifs is 2. The van der Waals surface area contributed by atoms with Gasteiger partial charge in [0.15, 0.2) is 0 Å². The van der Waals surface area contributed by atoms with Crippen molar-refractivity contribution in [1.82, 2.24) is 14.1 Å². The average molecular weight is 318 g/mol. The van der Waals surface area contributed by atoms with Crippen LogP contribution in [0.1, 0.15) is 26.7 Å². The summed E-state index contributed by atoms with van der Waals surface area (Å²) in [4.78, 5) is 0. The molecule has 1 saturated carbocycles. The van der Waals surface area contributed by atoms with Crippen LogP contribution in [-0.2, 0) is 0 Å². The Balaban J connectivity index is 0.00000147. The molecule has 1 aromatic rings. The van der Waals surface area contributed by atoms with E-state index >= 15 is 0 Å². The Morgan fingerprint density at radius 3 is 2.75 bits per heavy atom. The van der Waals surface area contributed by atoms with Crippen LogP contribution in [0.15, 0.2) is 11.6 Å². The van der Waals surface area contributed by atoms with Gasteiger partial charge < -0.3 is 14.8 Å². The maximum Gasteiger partial charge on any atom is 0.291 e. The van der Waals surface area contributed by atoms with Crippen molar-refractivity contribution in [2.45, 2.75) is 38.8 Å². The van der Waals surface area contributed by atoms with Crippen molar-refractivity contribution in [1.29, 1.82) is 0 Å². The van der Waals surface area contributed by atoms with E-state index in [1.807, 2.05) is 19.9 Å². The molecule has 1 N–H and O–H groups in total. The number of nitrogens with zero attached hydrogens (tertiary/aromatic N) is 2. The average Bonchev–Trinajstić information content (AvgIpc) is 3.08. The van der Waals surface area contributed by atoms with E-state index in [0.29, 0.717) is 30.3 Å². The van der Waals surface area contributed by atoms with Gasteiger partial charge >= 0.3 is 0 Å². The molecule has 1 saturated heterocycles. The first kappa shape index (κ1) is 15.5. The number of ether oxygens (including phenoxy) is 2. The number of halogens is 1. The summed E-state index contributed by atoms with van der Waals surface area (Å²) in [5, 5.41) is 3.48. The summed E-state index contributed by atoms with van der Waals surface area (Å²) in [6, 6.07) is 0.470. The standard InChI is InChI=1S/C13H19N3O2S.ClH/c1-8(2)5-6-17-12-13(16-19-15-12)18-11-9-3-4-10(11)14-7-9;/h5,9-11,14H,3-4,6-7H2,1-2H3;1H. The molecule has 1 aromatic heterocycles. The third kappa shape index (κ3) is 3.24. The summed E-state index contributed by atoms with van der Waals surface area (Å²) in [6.45, 7) is 5.66. The number of aromatic nitrogens is 2. The lowest BCUT2D eigenvalue weighted by molar-refractivity contribution is 0.161. The van der Waals surface area contributed by atoms with Crippen LogP contribution in [0, 0.1) is 5.92 Å². The van der Waals surface area contributed by atoms with Crippen LogP contribution in [-0.4, -0.2) is 34.0 Å². The second-order valence-electron chi connectivity index (χ2n) is 5.40. The molecule has 7 heteroatoms. The topological polar surface area (TPSA) is 56.3 Å². The fraction of sp³-hybridized carbons (Fsp3) is 0.692. The molecule has 0 amide bonds. The van der Waals surface area contributed by atoms with Crippen LogP contribution < -0.4 is 14.8 Å². The summed E-state index contributed by atoms with van der Waals surface area (Å²) in [5.41, 5.74) is 1.23. The van der Waals surface area contributed by atoms with Crippen molar-refractivity contribution in [3.63, 3.8) is 0 Å². The molecule has 2 fully saturated rings. The van der Waals surface area contributed by atoms with E-state index in [4.69, 9.17) is 9.47 Å². The minimum absolute atomic E-state index is 0. The van der Waals surface area contributed by atoms with E-state index < -0.39 is 0 Å². The number of hydrogen-bond acceptors (Lipinski definition) is 6. The van der Waals surface area contributed by atoms with E-state index in [2.05, 4.69) is 14.1 Å². The van der Waals surface area contributed by atoms with Crippen LogP contribution in [0.3, 0.4) is 0 Å². The molecular weight excluding hydrogens is 298 g/mol.